The Hall–Kier alpha value is -3.86. The van der Waals surface area contributed by atoms with Crippen LogP contribution in [0.1, 0.15) is 31.7 Å². The van der Waals surface area contributed by atoms with Crippen molar-refractivity contribution >= 4 is 0 Å². The van der Waals surface area contributed by atoms with Crippen molar-refractivity contribution in [1.82, 2.24) is 9.55 Å². The van der Waals surface area contributed by atoms with Crippen LogP contribution >= 0.6 is 0 Å². The van der Waals surface area contributed by atoms with E-state index in [0.717, 1.165) is 36.3 Å². The molecule has 8 nitrogen and oxygen atoms in total. The largest absolute Gasteiger partial charge is 0.457 e. The van der Waals surface area contributed by atoms with Gasteiger partial charge in [0.15, 0.2) is 0 Å². The van der Waals surface area contributed by atoms with E-state index in [-0.39, 0.29) is 0 Å². The maximum absolute atomic E-state index is 10.2. The molecule has 1 N–H and O–H groups in total. The summed E-state index contributed by atoms with van der Waals surface area (Å²) in [4.78, 5) is 12.5. The highest BCUT2D eigenvalue weighted by Crippen LogP contribution is 2.39. The fraction of sp³-hybridized carbons (Fsp3) is 0.273. The Balaban J connectivity index is 0.000000735. The lowest BCUT2D eigenvalue weighted by Crippen LogP contribution is -2.30. The molecule has 3 rings (SSSR count). The van der Waals surface area contributed by atoms with Gasteiger partial charge in [0, 0.05) is 24.5 Å². The van der Waals surface area contributed by atoms with Crippen LogP contribution in [0.5, 0.6) is 11.5 Å². The molecule has 0 radical (unpaired) electrons. The van der Waals surface area contributed by atoms with Crippen molar-refractivity contribution in [2.45, 2.75) is 38.1 Å². The van der Waals surface area contributed by atoms with Gasteiger partial charge in [0.1, 0.15) is 16.9 Å². The van der Waals surface area contributed by atoms with E-state index in [1.165, 1.54) is 0 Å². The molecule has 1 aromatic heterocycles. The zero-order valence-electron chi connectivity index (χ0n) is 16.7. The first-order valence-electron chi connectivity index (χ1n) is 9.53. The number of nitriles is 1. The summed E-state index contributed by atoms with van der Waals surface area (Å²) in [5.74, 6) is 1.50. The monoisotopic (exact) mass is 408 g/mol. The summed E-state index contributed by atoms with van der Waals surface area (Å²) in [6.07, 6.45) is 8.19. The van der Waals surface area contributed by atoms with Crippen molar-refractivity contribution in [1.29, 1.82) is 5.26 Å². The van der Waals surface area contributed by atoms with Gasteiger partial charge in [0.05, 0.1) is 12.4 Å². The van der Waals surface area contributed by atoms with E-state index in [2.05, 4.69) is 18.0 Å². The summed E-state index contributed by atoms with van der Waals surface area (Å²) >= 11 is 0. The lowest BCUT2D eigenvalue weighted by atomic mass is 9.77. The van der Waals surface area contributed by atoms with E-state index in [4.69, 9.17) is 20.1 Å². The molecule has 8 heteroatoms. The number of imidazole rings is 1. The molecule has 0 fully saturated rings. The average Bonchev–Trinajstić information content (AvgIpc) is 3.25. The van der Waals surface area contributed by atoms with Gasteiger partial charge in [-0.2, -0.15) is 5.26 Å². The average molecular weight is 408 g/mol. The third kappa shape index (κ3) is 6.34. The smallest absolute Gasteiger partial charge is 0.291 e. The number of hydrogen-bond acceptors (Lipinski definition) is 5. The van der Waals surface area contributed by atoms with Crippen LogP contribution in [-0.4, -0.2) is 19.8 Å². The van der Waals surface area contributed by atoms with Crippen LogP contribution in [0.15, 0.2) is 73.3 Å². The van der Waals surface area contributed by atoms with Gasteiger partial charge in [-0.05, 0) is 24.6 Å². The Kier molecular flexibility index (Phi) is 8.39. The minimum Gasteiger partial charge on any atom is -0.457 e. The molecule has 0 aliphatic carbocycles. The Morgan fingerprint density at radius 1 is 1.23 bits per heavy atom. The standard InChI is InChI=1S/C22H23N3O.HNO3/c1-2-3-13-22(16-23,17-25-15-14-24-18-25)20-11-7-8-12-21(20)26-19-9-5-4-6-10-19;2-1(3)4/h4-12,14-15,18H,2-3,13,17H2,1H3;(H,2,3,4). The van der Waals surface area contributed by atoms with E-state index in [1.54, 1.807) is 12.5 Å². The molecular weight excluding hydrogens is 384 g/mol. The molecule has 0 aliphatic rings. The number of para-hydroxylation sites is 2. The lowest BCUT2D eigenvalue weighted by Gasteiger charge is -2.29. The molecule has 3 aromatic rings. The predicted octanol–water partition coefficient (Wildman–Crippen LogP) is 4.98. The van der Waals surface area contributed by atoms with Crippen molar-refractivity contribution in [3.05, 3.63) is 89.0 Å². The Morgan fingerprint density at radius 3 is 2.50 bits per heavy atom. The minimum atomic E-state index is -1.50. The highest BCUT2D eigenvalue weighted by Gasteiger charge is 2.35. The second kappa shape index (κ2) is 11.2. The zero-order valence-corrected chi connectivity index (χ0v) is 16.7. The molecule has 30 heavy (non-hydrogen) atoms. The van der Waals surface area contributed by atoms with Crippen molar-refractivity contribution in [2.24, 2.45) is 0 Å². The minimum absolute atomic E-state index is 0.554. The number of aromatic nitrogens is 2. The second-order valence-corrected chi connectivity index (χ2v) is 6.68. The molecule has 0 saturated heterocycles. The quantitative estimate of drug-likeness (QED) is 0.415. The summed E-state index contributed by atoms with van der Waals surface area (Å²) in [7, 11) is 0. The Bertz CT molecular complexity index is 951. The first-order valence-corrected chi connectivity index (χ1v) is 9.53. The second-order valence-electron chi connectivity index (χ2n) is 6.68. The van der Waals surface area contributed by atoms with Gasteiger partial charge in [0.25, 0.3) is 5.09 Å². The fourth-order valence-corrected chi connectivity index (χ4v) is 3.19. The summed E-state index contributed by atoms with van der Waals surface area (Å²) < 4.78 is 8.11. The fourth-order valence-electron chi connectivity index (χ4n) is 3.19. The predicted molar refractivity (Wildman–Crippen MR) is 111 cm³/mol. The van der Waals surface area contributed by atoms with Gasteiger partial charge >= 0.3 is 0 Å². The third-order valence-corrected chi connectivity index (χ3v) is 4.56. The number of hydrogen-bond donors (Lipinski definition) is 1. The molecule has 1 atom stereocenters. The maximum atomic E-state index is 10.2. The van der Waals surface area contributed by atoms with Crippen LogP contribution in [0, 0.1) is 21.4 Å². The van der Waals surface area contributed by atoms with E-state index >= 15 is 0 Å². The van der Waals surface area contributed by atoms with E-state index < -0.39 is 10.5 Å². The number of ether oxygens (including phenoxy) is 1. The highest BCUT2D eigenvalue weighted by molar-refractivity contribution is 5.46. The molecular formula is C22H24N4O4. The number of nitrogens with zero attached hydrogens (tertiary/aromatic N) is 4. The number of rotatable bonds is 8. The van der Waals surface area contributed by atoms with Gasteiger partial charge in [0.2, 0.25) is 0 Å². The van der Waals surface area contributed by atoms with Crippen LogP contribution in [0.2, 0.25) is 0 Å². The van der Waals surface area contributed by atoms with E-state index in [0.29, 0.717) is 6.54 Å². The Labute approximate surface area is 175 Å². The molecule has 0 spiro atoms. The molecule has 1 unspecified atom stereocenters. The van der Waals surface area contributed by atoms with Gasteiger partial charge < -0.3 is 14.5 Å². The van der Waals surface area contributed by atoms with E-state index in [9.17, 15) is 5.26 Å². The first kappa shape index (κ1) is 22.4. The van der Waals surface area contributed by atoms with Crippen molar-refractivity contribution in [2.75, 3.05) is 0 Å². The van der Waals surface area contributed by atoms with Gasteiger partial charge in [-0.25, -0.2) is 4.98 Å². The molecule has 0 aliphatic heterocycles. The van der Waals surface area contributed by atoms with Gasteiger partial charge in [-0.3, -0.25) is 0 Å². The third-order valence-electron chi connectivity index (χ3n) is 4.56. The maximum Gasteiger partial charge on any atom is 0.291 e. The lowest BCUT2D eigenvalue weighted by molar-refractivity contribution is -0.742. The molecule has 0 amide bonds. The molecule has 1 heterocycles. The topological polar surface area (TPSA) is 114 Å². The zero-order chi connectivity index (χ0) is 21.8. The van der Waals surface area contributed by atoms with Crippen LogP contribution in [0.4, 0.5) is 0 Å². The van der Waals surface area contributed by atoms with Gasteiger partial charge in [-0.15, -0.1) is 10.1 Å². The summed E-state index contributed by atoms with van der Waals surface area (Å²) in [6.45, 7) is 2.70. The molecule has 156 valence electrons. The summed E-state index contributed by atoms with van der Waals surface area (Å²) in [5.41, 5.74) is 0.260. The van der Waals surface area contributed by atoms with Crippen molar-refractivity contribution in [3.63, 3.8) is 0 Å². The normalized spacial score (nSPS) is 12.0. The molecule has 2 aromatic carbocycles. The summed E-state index contributed by atoms with van der Waals surface area (Å²) in [6, 6.07) is 20.2. The first-order chi connectivity index (χ1) is 14.5. The molecule has 0 saturated carbocycles. The Morgan fingerprint density at radius 2 is 1.90 bits per heavy atom. The summed E-state index contributed by atoms with van der Waals surface area (Å²) in [5, 5.41) is 23.8. The van der Waals surface area contributed by atoms with Crippen LogP contribution in [0.25, 0.3) is 0 Å². The number of benzene rings is 2. The van der Waals surface area contributed by atoms with Crippen molar-refractivity contribution in [3.8, 4) is 17.6 Å². The van der Waals surface area contributed by atoms with Crippen LogP contribution in [-0.2, 0) is 12.0 Å². The van der Waals surface area contributed by atoms with Crippen LogP contribution < -0.4 is 4.74 Å². The van der Waals surface area contributed by atoms with Gasteiger partial charge in [-0.1, -0.05) is 56.2 Å². The van der Waals surface area contributed by atoms with Crippen molar-refractivity contribution < 1.29 is 15.0 Å². The highest BCUT2D eigenvalue weighted by atomic mass is 16.9. The SMILES string of the molecule is CCCCC(C#N)(Cn1ccnc1)c1ccccc1Oc1ccccc1.O=[N+]([O-])O. The van der Waals surface area contributed by atoms with E-state index in [1.807, 2.05) is 65.4 Å². The number of unbranched alkanes of at least 4 members (excludes halogenated alkanes) is 1. The van der Waals surface area contributed by atoms with Crippen LogP contribution in [0.3, 0.4) is 0 Å². The molecule has 0 bridgehead atoms.